The molecule has 1 rings (SSSR count). The normalized spacial score (nSPS) is 8.73. The second kappa shape index (κ2) is 3.54. The van der Waals surface area contributed by atoms with E-state index in [1.165, 1.54) is 5.01 Å². The number of aromatic nitrogens is 2. The van der Waals surface area contributed by atoms with E-state index in [-0.39, 0.29) is 0 Å². The summed E-state index contributed by atoms with van der Waals surface area (Å²) in [7, 11) is 0. The zero-order valence-electron chi connectivity index (χ0n) is 5.94. The number of nitrogens with zero attached hydrogens (tertiary/aromatic N) is 3. The predicted octanol–water partition coefficient (Wildman–Crippen LogP) is -0.210. The van der Waals surface area contributed by atoms with Crippen molar-refractivity contribution in [2.75, 3.05) is 11.6 Å². The van der Waals surface area contributed by atoms with Crippen LogP contribution in [0.1, 0.15) is 0 Å². The number of nitrogens with two attached hydrogens (primary N) is 1. The second-order valence-electron chi connectivity index (χ2n) is 1.88. The summed E-state index contributed by atoms with van der Waals surface area (Å²) in [5.41, 5.74) is 0. The van der Waals surface area contributed by atoms with E-state index >= 15 is 0 Å². The van der Waals surface area contributed by atoms with Crippen molar-refractivity contribution in [3.63, 3.8) is 0 Å². The zero-order valence-corrected chi connectivity index (χ0v) is 5.94. The van der Waals surface area contributed by atoms with Crippen LogP contribution in [0.5, 0.6) is 0 Å². The number of terminal acetylenes is 1. The Kier molecular flexibility index (Phi) is 2.42. The summed E-state index contributed by atoms with van der Waals surface area (Å²) >= 11 is 0. The van der Waals surface area contributed by atoms with Crippen LogP contribution < -0.4 is 10.9 Å². The molecule has 56 valence electrons. The number of anilines is 1. The fourth-order valence-electron chi connectivity index (χ4n) is 0.609. The highest BCUT2D eigenvalue weighted by atomic mass is 15.4. The molecule has 2 N–H and O–H groups in total. The maximum atomic E-state index is 5.47. The number of hydrogen-bond acceptors (Lipinski definition) is 4. The van der Waals surface area contributed by atoms with Crippen LogP contribution in [-0.2, 0) is 0 Å². The lowest BCUT2D eigenvalue weighted by molar-refractivity contribution is 0.885. The highest BCUT2D eigenvalue weighted by Crippen LogP contribution is 1.96. The quantitative estimate of drug-likeness (QED) is 0.358. The van der Waals surface area contributed by atoms with Crippen molar-refractivity contribution in [1.29, 1.82) is 0 Å². The average Bonchev–Trinajstić information content (AvgIpc) is 2.07. The van der Waals surface area contributed by atoms with Crippen molar-refractivity contribution in [2.24, 2.45) is 5.84 Å². The monoisotopic (exact) mass is 148 g/mol. The SMILES string of the molecule is C#CCN(N)c1ncccn1. The van der Waals surface area contributed by atoms with E-state index in [4.69, 9.17) is 12.3 Å². The molecule has 0 saturated heterocycles. The van der Waals surface area contributed by atoms with Crippen LogP contribution in [0.25, 0.3) is 0 Å². The molecule has 0 aliphatic heterocycles. The van der Waals surface area contributed by atoms with E-state index in [0.717, 1.165) is 0 Å². The third kappa shape index (κ3) is 1.92. The smallest absolute Gasteiger partial charge is 0.240 e. The van der Waals surface area contributed by atoms with Crippen molar-refractivity contribution in [1.82, 2.24) is 9.97 Å². The molecule has 1 aromatic heterocycles. The van der Waals surface area contributed by atoms with E-state index in [0.29, 0.717) is 12.5 Å². The van der Waals surface area contributed by atoms with Gasteiger partial charge in [0, 0.05) is 12.4 Å². The molecule has 0 atom stereocenters. The average molecular weight is 148 g/mol. The molecule has 0 aromatic carbocycles. The van der Waals surface area contributed by atoms with E-state index in [1.54, 1.807) is 18.5 Å². The molecule has 0 unspecified atom stereocenters. The Hall–Kier alpha value is -1.60. The van der Waals surface area contributed by atoms with E-state index in [2.05, 4.69) is 15.9 Å². The number of rotatable bonds is 2. The molecule has 0 amide bonds. The number of hydrazine groups is 1. The summed E-state index contributed by atoms with van der Waals surface area (Å²) in [5, 5.41) is 1.31. The molecular weight excluding hydrogens is 140 g/mol. The van der Waals surface area contributed by atoms with Gasteiger partial charge in [-0.15, -0.1) is 6.42 Å². The van der Waals surface area contributed by atoms with Gasteiger partial charge in [-0.05, 0) is 6.07 Å². The molecule has 4 heteroatoms. The van der Waals surface area contributed by atoms with Crippen molar-refractivity contribution in [3.8, 4) is 12.3 Å². The Labute approximate surface area is 65.0 Å². The van der Waals surface area contributed by atoms with E-state index in [9.17, 15) is 0 Å². The van der Waals surface area contributed by atoms with Crippen LogP contribution in [0.15, 0.2) is 18.5 Å². The first-order valence-electron chi connectivity index (χ1n) is 3.07. The highest BCUT2D eigenvalue weighted by molar-refractivity contribution is 5.27. The topological polar surface area (TPSA) is 55.0 Å². The lowest BCUT2D eigenvalue weighted by atomic mass is 10.6. The summed E-state index contributed by atoms with van der Waals surface area (Å²) < 4.78 is 0. The van der Waals surface area contributed by atoms with Crippen molar-refractivity contribution >= 4 is 5.95 Å². The van der Waals surface area contributed by atoms with E-state index < -0.39 is 0 Å². The molecule has 0 fully saturated rings. The molecular formula is C7H8N4. The Morgan fingerprint density at radius 2 is 2.18 bits per heavy atom. The lowest BCUT2D eigenvalue weighted by Crippen LogP contribution is -2.32. The molecule has 0 spiro atoms. The third-order valence-corrected chi connectivity index (χ3v) is 1.07. The Bertz CT molecular complexity index is 251. The van der Waals surface area contributed by atoms with Gasteiger partial charge in [-0.3, -0.25) is 5.01 Å². The molecule has 4 nitrogen and oxygen atoms in total. The van der Waals surface area contributed by atoms with Crippen LogP contribution in [0, 0.1) is 12.3 Å². The van der Waals surface area contributed by atoms with Crippen molar-refractivity contribution in [2.45, 2.75) is 0 Å². The summed E-state index contributed by atoms with van der Waals surface area (Å²) in [6.45, 7) is 0.310. The van der Waals surface area contributed by atoms with Gasteiger partial charge in [-0.1, -0.05) is 5.92 Å². The molecule has 0 radical (unpaired) electrons. The molecule has 11 heavy (non-hydrogen) atoms. The van der Waals surface area contributed by atoms with Gasteiger partial charge in [0.15, 0.2) is 0 Å². The van der Waals surface area contributed by atoms with Gasteiger partial charge < -0.3 is 0 Å². The summed E-state index contributed by atoms with van der Waals surface area (Å²) in [5.74, 6) is 8.29. The van der Waals surface area contributed by atoms with Crippen molar-refractivity contribution in [3.05, 3.63) is 18.5 Å². The van der Waals surface area contributed by atoms with Crippen LogP contribution >= 0.6 is 0 Å². The van der Waals surface area contributed by atoms with Gasteiger partial charge in [-0.25, -0.2) is 15.8 Å². The lowest BCUT2D eigenvalue weighted by Gasteiger charge is -2.11. The van der Waals surface area contributed by atoms with Gasteiger partial charge in [0.2, 0.25) is 5.95 Å². The van der Waals surface area contributed by atoms with Gasteiger partial charge in [0.05, 0.1) is 6.54 Å². The fraction of sp³-hybridized carbons (Fsp3) is 0.143. The Morgan fingerprint density at radius 3 is 2.73 bits per heavy atom. The predicted molar refractivity (Wildman–Crippen MR) is 42.4 cm³/mol. The fourth-order valence-corrected chi connectivity index (χ4v) is 0.609. The minimum atomic E-state index is 0.310. The Morgan fingerprint density at radius 1 is 1.55 bits per heavy atom. The molecule has 0 aliphatic carbocycles. The maximum absolute atomic E-state index is 5.47. The van der Waals surface area contributed by atoms with Gasteiger partial charge in [0.1, 0.15) is 0 Å². The minimum absolute atomic E-state index is 0.310. The first kappa shape index (κ1) is 7.51. The third-order valence-electron chi connectivity index (χ3n) is 1.07. The van der Waals surface area contributed by atoms with Crippen molar-refractivity contribution < 1.29 is 0 Å². The molecule has 0 aliphatic rings. The largest absolute Gasteiger partial charge is 0.267 e. The minimum Gasteiger partial charge on any atom is -0.267 e. The summed E-state index contributed by atoms with van der Waals surface area (Å²) in [4.78, 5) is 7.78. The van der Waals surface area contributed by atoms with Crippen LogP contribution in [0.3, 0.4) is 0 Å². The summed E-state index contributed by atoms with van der Waals surface area (Å²) in [6, 6.07) is 1.72. The van der Waals surface area contributed by atoms with Gasteiger partial charge in [0.25, 0.3) is 0 Å². The van der Waals surface area contributed by atoms with Crippen LogP contribution in [0.4, 0.5) is 5.95 Å². The van der Waals surface area contributed by atoms with Gasteiger partial charge in [-0.2, -0.15) is 0 Å². The molecule has 0 saturated carbocycles. The highest BCUT2D eigenvalue weighted by Gasteiger charge is 1.98. The maximum Gasteiger partial charge on any atom is 0.240 e. The van der Waals surface area contributed by atoms with Crippen LogP contribution in [-0.4, -0.2) is 16.5 Å². The van der Waals surface area contributed by atoms with Crippen LogP contribution in [0.2, 0.25) is 0 Å². The first-order chi connectivity index (χ1) is 5.34. The Balaban J connectivity index is 2.70. The first-order valence-corrected chi connectivity index (χ1v) is 3.07. The standard InChI is InChI=1S/C7H8N4/c1-2-6-11(8)7-9-4-3-5-10-7/h1,3-5H,6,8H2. The molecule has 1 heterocycles. The zero-order chi connectivity index (χ0) is 8.10. The van der Waals surface area contributed by atoms with E-state index in [1.807, 2.05) is 0 Å². The summed E-state index contributed by atoms with van der Waals surface area (Å²) in [6.07, 6.45) is 8.26. The van der Waals surface area contributed by atoms with Gasteiger partial charge >= 0.3 is 0 Å². The second-order valence-corrected chi connectivity index (χ2v) is 1.88. The number of hydrogen-bond donors (Lipinski definition) is 1. The molecule has 1 aromatic rings. The molecule has 0 bridgehead atoms.